The lowest BCUT2D eigenvalue weighted by molar-refractivity contribution is -0.136. The maximum atomic E-state index is 14.3. The van der Waals surface area contributed by atoms with Crippen molar-refractivity contribution in [3.8, 4) is 0 Å². The number of amides is 1. The molecule has 0 aliphatic carbocycles. The summed E-state index contributed by atoms with van der Waals surface area (Å²) in [5, 5.41) is 11.5. The summed E-state index contributed by atoms with van der Waals surface area (Å²) in [5.41, 5.74) is -1.08. The van der Waals surface area contributed by atoms with Crippen LogP contribution in [-0.2, 0) is 16.9 Å². The Bertz CT molecular complexity index is 1110. The van der Waals surface area contributed by atoms with E-state index in [0.29, 0.717) is 16.1 Å². The van der Waals surface area contributed by atoms with Crippen LogP contribution in [0.3, 0.4) is 0 Å². The summed E-state index contributed by atoms with van der Waals surface area (Å²) >= 11 is 7.44. The first-order valence-corrected chi connectivity index (χ1v) is 10.2. The van der Waals surface area contributed by atoms with Crippen LogP contribution in [0.4, 0.5) is 10.1 Å². The van der Waals surface area contributed by atoms with E-state index >= 15 is 0 Å². The van der Waals surface area contributed by atoms with Crippen LogP contribution in [0.2, 0.25) is 5.02 Å². The van der Waals surface area contributed by atoms with Gasteiger partial charge in [0.1, 0.15) is 5.82 Å². The largest absolute Gasteiger partial charge is 0.375 e. The van der Waals surface area contributed by atoms with Crippen molar-refractivity contribution in [2.45, 2.75) is 25.5 Å². The van der Waals surface area contributed by atoms with Gasteiger partial charge in [0.05, 0.1) is 23.5 Å². The minimum absolute atomic E-state index is 0.143. The summed E-state index contributed by atoms with van der Waals surface area (Å²) in [6.45, 7) is 1.74. The molecule has 0 unspecified atom stereocenters. The molecule has 1 N–H and O–H groups in total. The zero-order valence-electron chi connectivity index (χ0n) is 15.5. The fourth-order valence-corrected chi connectivity index (χ4v) is 4.61. The van der Waals surface area contributed by atoms with Gasteiger partial charge in [-0.1, -0.05) is 35.9 Å². The molecule has 1 atom stereocenters. The van der Waals surface area contributed by atoms with E-state index in [1.807, 2.05) is 13.0 Å². The lowest BCUT2D eigenvalue weighted by Gasteiger charge is -2.23. The van der Waals surface area contributed by atoms with Crippen LogP contribution in [0.25, 0.3) is 0 Å². The number of fused-ring (bicyclic) bond motifs is 1. The van der Waals surface area contributed by atoms with Crippen molar-refractivity contribution in [1.29, 1.82) is 0 Å². The van der Waals surface area contributed by atoms with Crippen molar-refractivity contribution in [2.24, 2.45) is 0 Å². The highest BCUT2D eigenvalue weighted by Crippen LogP contribution is 2.44. The Morgan fingerprint density at radius 3 is 2.62 bits per heavy atom. The zero-order chi connectivity index (χ0) is 20.8. The molecule has 1 aliphatic rings. The quantitative estimate of drug-likeness (QED) is 0.589. The number of rotatable bonds is 5. The number of anilines is 1. The van der Waals surface area contributed by atoms with Crippen LogP contribution in [0, 0.1) is 12.7 Å². The van der Waals surface area contributed by atoms with Crippen LogP contribution in [0.1, 0.15) is 32.1 Å². The van der Waals surface area contributed by atoms with Crippen LogP contribution in [-0.4, -0.2) is 16.8 Å². The van der Waals surface area contributed by atoms with Crippen molar-refractivity contribution < 1.29 is 19.1 Å². The van der Waals surface area contributed by atoms with Gasteiger partial charge in [-0.3, -0.25) is 9.59 Å². The van der Waals surface area contributed by atoms with Gasteiger partial charge >= 0.3 is 0 Å². The number of hydrogen-bond acceptors (Lipinski definition) is 4. The summed E-state index contributed by atoms with van der Waals surface area (Å²) in [4.78, 5) is 28.7. The molecule has 0 saturated heterocycles. The summed E-state index contributed by atoms with van der Waals surface area (Å²) < 4.78 is 14.3. The number of halogens is 2. The molecule has 1 amide bonds. The number of thiophene rings is 1. The third-order valence-electron chi connectivity index (χ3n) is 5.05. The predicted molar refractivity (Wildman–Crippen MR) is 111 cm³/mol. The molecule has 2 heterocycles. The van der Waals surface area contributed by atoms with Gasteiger partial charge in [-0.25, -0.2) is 4.39 Å². The molecule has 29 heavy (non-hydrogen) atoms. The first-order valence-electron chi connectivity index (χ1n) is 8.97. The number of Topliss-reactive ketones (excluding diaryl/α,β-unsaturated/α-hetero) is 1. The highest BCUT2D eigenvalue weighted by atomic mass is 35.5. The van der Waals surface area contributed by atoms with Gasteiger partial charge in [-0.05, 0) is 37.3 Å². The first-order chi connectivity index (χ1) is 13.8. The Hall–Kier alpha value is -2.54. The maximum Gasteiger partial charge on any atom is 0.264 e. The van der Waals surface area contributed by atoms with Gasteiger partial charge in [-0.2, -0.15) is 0 Å². The summed E-state index contributed by atoms with van der Waals surface area (Å²) in [5.74, 6) is -1.53. The van der Waals surface area contributed by atoms with Gasteiger partial charge in [0.2, 0.25) is 0 Å². The Balaban J connectivity index is 1.71. The summed E-state index contributed by atoms with van der Waals surface area (Å²) in [6.07, 6.45) is -0.385. The second kappa shape index (κ2) is 7.37. The molecule has 7 heteroatoms. The van der Waals surface area contributed by atoms with Crippen molar-refractivity contribution in [3.63, 3.8) is 0 Å². The van der Waals surface area contributed by atoms with Crippen LogP contribution in [0.15, 0.2) is 54.6 Å². The monoisotopic (exact) mass is 429 g/mol. The molecular formula is C22H17ClFNO3S. The standard InChI is InChI=1S/C22H17ClFNO3S/c1-13-9-10-20(29-13)19(26)11-22(28)15-5-2-3-8-18(15)25(21(22)27)12-14-16(23)6-4-7-17(14)24/h2-10,28H,11-12H2,1H3/t22-/m0/s1. The fraction of sp³-hybridized carbons (Fsp3) is 0.182. The Morgan fingerprint density at radius 1 is 1.17 bits per heavy atom. The number of hydrogen-bond donors (Lipinski definition) is 1. The number of benzene rings is 2. The summed E-state index contributed by atoms with van der Waals surface area (Å²) in [7, 11) is 0. The van der Waals surface area contributed by atoms with Gasteiger partial charge in [-0.15, -0.1) is 11.3 Å². The molecule has 4 rings (SSSR count). The van der Waals surface area contributed by atoms with Gasteiger partial charge < -0.3 is 10.0 Å². The molecule has 0 fully saturated rings. The normalized spacial score (nSPS) is 18.2. The number of carbonyl (C=O) groups is 2. The van der Waals surface area contributed by atoms with E-state index in [0.717, 1.165) is 4.88 Å². The SMILES string of the molecule is Cc1ccc(C(=O)C[C@@]2(O)C(=O)N(Cc3c(F)cccc3Cl)c3ccccc32)s1. The zero-order valence-corrected chi connectivity index (χ0v) is 17.1. The molecule has 0 bridgehead atoms. The van der Waals surface area contributed by atoms with Crippen LogP contribution in [0.5, 0.6) is 0 Å². The molecule has 4 nitrogen and oxygen atoms in total. The fourth-order valence-electron chi connectivity index (χ4n) is 3.58. The lowest BCUT2D eigenvalue weighted by Crippen LogP contribution is -2.41. The van der Waals surface area contributed by atoms with Crippen molar-refractivity contribution >= 4 is 40.3 Å². The van der Waals surface area contributed by atoms with E-state index in [1.54, 1.807) is 36.4 Å². The molecule has 0 spiro atoms. The van der Waals surface area contributed by atoms with E-state index in [2.05, 4.69) is 0 Å². The molecular weight excluding hydrogens is 413 g/mol. The number of carbonyl (C=O) groups excluding carboxylic acids is 2. The minimum atomic E-state index is -2.01. The van der Waals surface area contributed by atoms with Crippen LogP contribution >= 0.6 is 22.9 Å². The second-order valence-corrected chi connectivity index (χ2v) is 8.67. The first kappa shape index (κ1) is 19.8. The van der Waals surface area contributed by atoms with Crippen molar-refractivity contribution in [1.82, 2.24) is 0 Å². The molecule has 1 aromatic heterocycles. The molecule has 3 aromatic rings. The molecule has 148 valence electrons. The van der Waals surface area contributed by atoms with Crippen molar-refractivity contribution in [2.75, 3.05) is 4.90 Å². The van der Waals surface area contributed by atoms with Gasteiger partial charge in [0, 0.05) is 21.0 Å². The summed E-state index contributed by atoms with van der Waals surface area (Å²) in [6, 6.07) is 14.5. The molecule has 1 aliphatic heterocycles. The van der Waals surface area contributed by atoms with Crippen LogP contribution < -0.4 is 4.90 Å². The average Bonchev–Trinajstić information content (AvgIpc) is 3.21. The highest BCUT2D eigenvalue weighted by molar-refractivity contribution is 7.14. The number of para-hydroxylation sites is 1. The Morgan fingerprint density at radius 2 is 1.93 bits per heavy atom. The molecule has 2 aromatic carbocycles. The number of aliphatic hydroxyl groups is 1. The lowest BCUT2D eigenvalue weighted by atomic mass is 9.89. The van der Waals surface area contributed by atoms with E-state index in [4.69, 9.17) is 11.6 Å². The number of ketones is 1. The number of aryl methyl sites for hydroxylation is 1. The molecule has 0 saturated carbocycles. The number of nitrogens with zero attached hydrogens (tertiary/aromatic N) is 1. The average molecular weight is 430 g/mol. The van der Waals surface area contributed by atoms with Gasteiger partial charge in [0.25, 0.3) is 5.91 Å². The third kappa shape index (κ3) is 3.37. The predicted octanol–water partition coefficient (Wildman–Crippen LogP) is 4.86. The van der Waals surface area contributed by atoms with E-state index in [9.17, 15) is 19.1 Å². The topological polar surface area (TPSA) is 57.6 Å². The maximum absolute atomic E-state index is 14.3. The Kier molecular flexibility index (Phi) is 5.02. The van der Waals surface area contributed by atoms with Gasteiger partial charge in [0.15, 0.2) is 11.4 Å². The van der Waals surface area contributed by atoms with E-state index < -0.39 is 17.3 Å². The van der Waals surface area contributed by atoms with E-state index in [1.165, 1.54) is 28.4 Å². The third-order valence-corrected chi connectivity index (χ3v) is 6.44. The Labute approximate surface area is 176 Å². The minimum Gasteiger partial charge on any atom is -0.375 e. The highest BCUT2D eigenvalue weighted by Gasteiger charge is 2.51. The van der Waals surface area contributed by atoms with E-state index in [-0.39, 0.29) is 29.3 Å². The smallest absolute Gasteiger partial charge is 0.264 e. The molecule has 0 radical (unpaired) electrons. The second-order valence-electron chi connectivity index (χ2n) is 6.98. The van der Waals surface area contributed by atoms with Crippen molar-refractivity contribution in [3.05, 3.63) is 86.3 Å².